The summed E-state index contributed by atoms with van der Waals surface area (Å²) >= 11 is 0. The van der Waals surface area contributed by atoms with Gasteiger partial charge in [-0.3, -0.25) is 0 Å². The van der Waals surface area contributed by atoms with Crippen molar-refractivity contribution in [2.75, 3.05) is 0 Å². The van der Waals surface area contributed by atoms with Gasteiger partial charge in [0.05, 0.1) is 12.2 Å². The van der Waals surface area contributed by atoms with E-state index in [4.69, 9.17) is 4.74 Å². The van der Waals surface area contributed by atoms with Crippen LogP contribution in [0.2, 0.25) is 0 Å². The number of aliphatic hydroxyl groups is 2. The maximum Gasteiger partial charge on any atom is 0.169 e. The Morgan fingerprint density at radius 2 is 1.43 bits per heavy atom. The molecular weight excluding hydrogens is 292 g/mol. The average Bonchev–Trinajstić information content (AvgIpc) is 2.55. The zero-order valence-corrected chi connectivity index (χ0v) is 13.0. The number of hydrogen-bond donors (Lipinski definition) is 3. The Morgan fingerprint density at radius 1 is 0.826 bits per heavy atom. The molecule has 0 fully saturated rings. The van der Waals surface area contributed by atoms with E-state index in [0.29, 0.717) is 37.2 Å². The molecule has 2 aliphatic heterocycles. The Hall–Kier alpha value is -2.04. The highest BCUT2D eigenvalue weighted by Crippen LogP contribution is 2.32. The third-order valence-corrected chi connectivity index (χ3v) is 4.25. The van der Waals surface area contributed by atoms with Gasteiger partial charge in [-0.2, -0.15) is 0 Å². The molecule has 2 aromatic carbocycles. The summed E-state index contributed by atoms with van der Waals surface area (Å²) in [6.07, 6.45) is 1.99. The Bertz CT molecular complexity index is 651. The number of phenols is 1. The van der Waals surface area contributed by atoms with E-state index in [1.165, 1.54) is 0 Å². The van der Waals surface area contributed by atoms with E-state index >= 15 is 0 Å². The molecule has 0 saturated heterocycles. The van der Waals surface area contributed by atoms with Crippen molar-refractivity contribution in [3.8, 4) is 17.2 Å². The first-order valence-corrected chi connectivity index (χ1v) is 8.05. The normalized spacial score (nSPS) is 22.0. The topological polar surface area (TPSA) is 69.9 Å². The molecule has 23 heavy (non-hydrogen) atoms. The molecule has 0 aromatic heterocycles. The average molecular weight is 314 g/mol. The lowest BCUT2D eigenvalue weighted by molar-refractivity contribution is 0.0714. The van der Waals surface area contributed by atoms with E-state index in [-0.39, 0.29) is 5.75 Å². The standard InChI is InChI=1S/C19H22O4/c20-15-6-1-13-3-8-17(9-4-13)23-19-11-14(5-10-18(19)22)2-7-16(21)12-15/h3-5,8-11,15-16,20-22H,1-2,6-7,12H2/t15-,16-/m1/s1. The Balaban J connectivity index is 1.89. The monoisotopic (exact) mass is 314 g/mol. The van der Waals surface area contributed by atoms with Crippen molar-refractivity contribution in [1.29, 1.82) is 0 Å². The van der Waals surface area contributed by atoms with Gasteiger partial charge in [-0.25, -0.2) is 0 Å². The summed E-state index contributed by atoms with van der Waals surface area (Å²) in [5.41, 5.74) is 2.09. The zero-order chi connectivity index (χ0) is 16.2. The van der Waals surface area contributed by atoms with Crippen LogP contribution in [-0.4, -0.2) is 27.5 Å². The lowest BCUT2D eigenvalue weighted by Crippen LogP contribution is -2.19. The van der Waals surface area contributed by atoms with Crippen LogP contribution in [-0.2, 0) is 12.8 Å². The van der Waals surface area contributed by atoms with E-state index in [0.717, 1.165) is 17.5 Å². The molecule has 4 heteroatoms. The molecular formula is C19H22O4. The van der Waals surface area contributed by atoms with E-state index in [2.05, 4.69) is 0 Å². The van der Waals surface area contributed by atoms with Crippen LogP contribution in [0.5, 0.6) is 17.2 Å². The molecule has 0 saturated carbocycles. The molecule has 122 valence electrons. The quantitative estimate of drug-likeness (QED) is 0.698. The second-order valence-corrected chi connectivity index (χ2v) is 6.17. The number of rotatable bonds is 0. The highest BCUT2D eigenvalue weighted by atomic mass is 16.5. The number of aryl methyl sites for hydroxylation is 2. The molecule has 3 N–H and O–H groups in total. The van der Waals surface area contributed by atoms with Gasteiger partial charge in [-0.05, 0) is 67.5 Å². The number of hydrogen-bond acceptors (Lipinski definition) is 4. The van der Waals surface area contributed by atoms with Crippen LogP contribution in [0.25, 0.3) is 0 Å². The number of aliphatic hydroxyl groups excluding tert-OH is 2. The number of phenolic OH excluding ortho intramolecular Hbond substituents is 1. The van der Waals surface area contributed by atoms with Gasteiger partial charge in [-0.1, -0.05) is 18.2 Å². The maximum absolute atomic E-state index is 10.1. The molecule has 2 heterocycles. The minimum atomic E-state index is -0.532. The highest BCUT2D eigenvalue weighted by Gasteiger charge is 2.14. The molecule has 4 nitrogen and oxygen atoms in total. The van der Waals surface area contributed by atoms with Crippen LogP contribution in [0.3, 0.4) is 0 Å². The molecule has 2 aliphatic rings. The molecule has 0 unspecified atom stereocenters. The molecule has 4 rings (SSSR count). The maximum atomic E-state index is 10.1. The lowest BCUT2D eigenvalue weighted by Gasteiger charge is -2.15. The molecule has 4 bridgehead atoms. The van der Waals surface area contributed by atoms with Crippen molar-refractivity contribution >= 4 is 0 Å². The Kier molecular flexibility index (Phi) is 4.84. The first kappa shape index (κ1) is 15.8. The van der Waals surface area contributed by atoms with Crippen molar-refractivity contribution in [3.63, 3.8) is 0 Å². The van der Waals surface area contributed by atoms with Gasteiger partial charge >= 0.3 is 0 Å². The number of benzene rings is 2. The summed E-state index contributed by atoms with van der Waals surface area (Å²) in [4.78, 5) is 0. The van der Waals surface area contributed by atoms with Crippen molar-refractivity contribution in [2.24, 2.45) is 0 Å². The zero-order valence-electron chi connectivity index (χ0n) is 13.0. The van der Waals surface area contributed by atoms with E-state index < -0.39 is 12.2 Å². The van der Waals surface area contributed by atoms with Crippen LogP contribution in [0.1, 0.15) is 30.4 Å². The van der Waals surface area contributed by atoms with Gasteiger partial charge < -0.3 is 20.1 Å². The third-order valence-electron chi connectivity index (χ3n) is 4.25. The van der Waals surface area contributed by atoms with Gasteiger partial charge in [0.25, 0.3) is 0 Å². The Morgan fingerprint density at radius 3 is 2.13 bits per heavy atom. The minimum Gasteiger partial charge on any atom is -0.504 e. The summed E-state index contributed by atoms with van der Waals surface area (Å²) in [7, 11) is 0. The van der Waals surface area contributed by atoms with Crippen molar-refractivity contribution < 1.29 is 20.1 Å². The molecule has 2 atom stereocenters. The summed E-state index contributed by atoms with van der Waals surface area (Å²) in [5.74, 6) is 1.18. The van der Waals surface area contributed by atoms with Crippen LogP contribution >= 0.6 is 0 Å². The fraction of sp³-hybridized carbons (Fsp3) is 0.368. The number of aromatic hydroxyl groups is 1. The summed E-state index contributed by atoms with van der Waals surface area (Å²) in [6, 6.07) is 12.9. The SMILES string of the molecule is Oc1ccc2cc1Oc1ccc(cc1)CC[C@@H](O)C[C@H](O)CC2. The fourth-order valence-corrected chi connectivity index (χ4v) is 2.86. The third kappa shape index (κ3) is 4.24. The van der Waals surface area contributed by atoms with Crippen molar-refractivity contribution in [3.05, 3.63) is 53.6 Å². The van der Waals surface area contributed by atoms with Crippen LogP contribution in [0.15, 0.2) is 42.5 Å². The van der Waals surface area contributed by atoms with E-state index in [1.54, 1.807) is 12.1 Å². The van der Waals surface area contributed by atoms with Crippen LogP contribution in [0, 0.1) is 0 Å². The van der Waals surface area contributed by atoms with Gasteiger partial charge in [0, 0.05) is 0 Å². The summed E-state index contributed by atoms with van der Waals surface area (Å²) in [5, 5.41) is 30.1. The van der Waals surface area contributed by atoms with Gasteiger partial charge in [0.2, 0.25) is 0 Å². The predicted octanol–water partition coefficient (Wildman–Crippen LogP) is 3.18. The van der Waals surface area contributed by atoms with Crippen LogP contribution < -0.4 is 4.74 Å². The lowest BCUT2D eigenvalue weighted by atomic mass is 9.99. The first-order chi connectivity index (χ1) is 11.1. The predicted molar refractivity (Wildman–Crippen MR) is 87.9 cm³/mol. The van der Waals surface area contributed by atoms with Crippen LogP contribution in [0.4, 0.5) is 0 Å². The minimum absolute atomic E-state index is 0.0955. The Labute approximate surface area is 136 Å². The molecule has 0 spiro atoms. The summed E-state index contributed by atoms with van der Waals surface area (Å²) in [6.45, 7) is 0. The first-order valence-electron chi connectivity index (χ1n) is 8.05. The smallest absolute Gasteiger partial charge is 0.169 e. The molecule has 0 aliphatic carbocycles. The van der Waals surface area contributed by atoms with Gasteiger partial charge in [0.1, 0.15) is 5.75 Å². The van der Waals surface area contributed by atoms with E-state index in [1.807, 2.05) is 30.3 Å². The molecule has 2 aromatic rings. The number of fused-ring (bicyclic) bond motifs is 8. The van der Waals surface area contributed by atoms with Crippen molar-refractivity contribution in [2.45, 2.75) is 44.3 Å². The summed E-state index contributed by atoms with van der Waals surface area (Å²) < 4.78 is 5.76. The van der Waals surface area contributed by atoms with Crippen molar-refractivity contribution in [1.82, 2.24) is 0 Å². The van der Waals surface area contributed by atoms with Gasteiger partial charge in [0.15, 0.2) is 11.5 Å². The molecule has 0 amide bonds. The van der Waals surface area contributed by atoms with Gasteiger partial charge in [-0.15, -0.1) is 0 Å². The molecule has 0 radical (unpaired) electrons. The fourth-order valence-electron chi connectivity index (χ4n) is 2.86. The highest BCUT2D eigenvalue weighted by molar-refractivity contribution is 5.45. The second kappa shape index (κ2) is 7.02. The number of ether oxygens (including phenoxy) is 1. The second-order valence-electron chi connectivity index (χ2n) is 6.17. The van der Waals surface area contributed by atoms with E-state index in [9.17, 15) is 15.3 Å². The largest absolute Gasteiger partial charge is 0.504 e.